The van der Waals surface area contributed by atoms with Crippen LogP contribution in [0, 0.1) is 0 Å². The molecule has 1 aromatic rings. The van der Waals surface area contributed by atoms with Gasteiger partial charge in [-0.05, 0) is 48.2 Å². The number of aromatic nitrogens is 2. The van der Waals surface area contributed by atoms with Gasteiger partial charge in [0.15, 0.2) is 0 Å². The van der Waals surface area contributed by atoms with Gasteiger partial charge in [0.05, 0.1) is 12.2 Å². The average molecular weight is 244 g/mol. The first-order valence-corrected chi connectivity index (χ1v) is 5.54. The SMILES string of the molecule is NCCCc1cnn(C2CC2)c1Br. The van der Waals surface area contributed by atoms with E-state index in [1.54, 1.807) is 0 Å². The number of nitrogens with zero attached hydrogens (tertiary/aromatic N) is 2. The van der Waals surface area contributed by atoms with Crippen molar-refractivity contribution in [1.29, 1.82) is 0 Å². The Morgan fingerprint density at radius 3 is 3.00 bits per heavy atom. The third kappa shape index (κ3) is 1.94. The molecule has 72 valence electrons. The topological polar surface area (TPSA) is 43.8 Å². The van der Waals surface area contributed by atoms with Gasteiger partial charge in [-0.2, -0.15) is 5.10 Å². The van der Waals surface area contributed by atoms with Crippen molar-refractivity contribution >= 4 is 15.9 Å². The second kappa shape index (κ2) is 3.80. The van der Waals surface area contributed by atoms with Crippen molar-refractivity contribution in [2.24, 2.45) is 5.73 Å². The van der Waals surface area contributed by atoms with E-state index in [1.807, 2.05) is 6.20 Å². The van der Waals surface area contributed by atoms with Gasteiger partial charge in [-0.25, -0.2) is 0 Å². The fourth-order valence-corrected chi connectivity index (χ4v) is 2.10. The maximum absolute atomic E-state index is 5.46. The van der Waals surface area contributed by atoms with E-state index >= 15 is 0 Å². The Balaban J connectivity index is 2.08. The largest absolute Gasteiger partial charge is 0.330 e. The summed E-state index contributed by atoms with van der Waals surface area (Å²) < 4.78 is 3.25. The molecule has 2 rings (SSSR count). The summed E-state index contributed by atoms with van der Waals surface area (Å²) in [5.74, 6) is 0. The third-order valence-corrected chi connectivity index (χ3v) is 3.22. The Morgan fingerprint density at radius 1 is 1.62 bits per heavy atom. The van der Waals surface area contributed by atoms with Crippen molar-refractivity contribution in [3.8, 4) is 0 Å². The van der Waals surface area contributed by atoms with Crippen molar-refractivity contribution in [2.75, 3.05) is 6.54 Å². The molecule has 0 aromatic carbocycles. The summed E-state index contributed by atoms with van der Waals surface area (Å²) in [5.41, 5.74) is 6.75. The van der Waals surface area contributed by atoms with Crippen LogP contribution in [0.4, 0.5) is 0 Å². The Labute approximate surface area is 86.4 Å². The van der Waals surface area contributed by atoms with Crippen molar-refractivity contribution in [1.82, 2.24) is 9.78 Å². The molecule has 1 fully saturated rings. The third-order valence-electron chi connectivity index (χ3n) is 2.35. The van der Waals surface area contributed by atoms with Gasteiger partial charge in [0.2, 0.25) is 0 Å². The standard InChI is InChI=1S/C9H14BrN3/c10-9-7(2-1-5-11)6-12-13(9)8-3-4-8/h6,8H,1-5,11H2. The molecule has 0 atom stereocenters. The monoisotopic (exact) mass is 243 g/mol. The fraction of sp³-hybridized carbons (Fsp3) is 0.667. The van der Waals surface area contributed by atoms with Crippen LogP contribution in [0.15, 0.2) is 10.8 Å². The molecule has 0 saturated heterocycles. The lowest BCUT2D eigenvalue weighted by molar-refractivity contribution is 0.626. The average Bonchev–Trinajstić information content (AvgIpc) is 2.89. The fourth-order valence-electron chi connectivity index (χ4n) is 1.42. The first-order chi connectivity index (χ1) is 6.33. The molecule has 0 spiro atoms. The number of hydrogen-bond donors (Lipinski definition) is 1. The molecule has 0 radical (unpaired) electrons. The van der Waals surface area contributed by atoms with Crippen LogP contribution in [-0.4, -0.2) is 16.3 Å². The molecule has 1 aromatic heterocycles. The highest BCUT2D eigenvalue weighted by molar-refractivity contribution is 9.10. The molecule has 0 unspecified atom stereocenters. The number of hydrogen-bond acceptors (Lipinski definition) is 2. The summed E-state index contributed by atoms with van der Waals surface area (Å²) in [6.07, 6.45) is 6.57. The lowest BCUT2D eigenvalue weighted by atomic mass is 10.2. The van der Waals surface area contributed by atoms with Crippen molar-refractivity contribution in [3.63, 3.8) is 0 Å². The number of rotatable bonds is 4. The van der Waals surface area contributed by atoms with Crippen LogP contribution < -0.4 is 5.73 Å². The molecular weight excluding hydrogens is 230 g/mol. The molecule has 1 heterocycles. The van der Waals surface area contributed by atoms with Gasteiger partial charge in [-0.3, -0.25) is 4.68 Å². The summed E-state index contributed by atoms with van der Waals surface area (Å²) in [6, 6.07) is 0.654. The number of nitrogens with two attached hydrogens (primary N) is 1. The van der Waals surface area contributed by atoms with Crippen LogP contribution in [0.3, 0.4) is 0 Å². The smallest absolute Gasteiger partial charge is 0.107 e. The molecular formula is C9H14BrN3. The molecule has 13 heavy (non-hydrogen) atoms. The predicted octanol–water partition coefficient (Wildman–Crippen LogP) is 1.87. The highest BCUT2D eigenvalue weighted by Crippen LogP contribution is 2.37. The lowest BCUT2D eigenvalue weighted by Crippen LogP contribution is -2.01. The van der Waals surface area contributed by atoms with Gasteiger partial charge < -0.3 is 5.73 Å². The normalized spacial score (nSPS) is 16.5. The molecule has 0 bridgehead atoms. The summed E-state index contributed by atoms with van der Waals surface area (Å²) in [4.78, 5) is 0. The minimum absolute atomic E-state index is 0.654. The van der Waals surface area contributed by atoms with Gasteiger partial charge in [0, 0.05) is 5.56 Å². The van der Waals surface area contributed by atoms with Gasteiger partial charge in [0.1, 0.15) is 4.60 Å². The van der Waals surface area contributed by atoms with Crippen LogP contribution in [0.25, 0.3) is 0 Å². The van der Waals surface area contributed by atoms with E-state index in [1.165, 1.54) is 18.4 Å². The van der Waals surface area contributed by atoms with Gasteiger partial charge >= 0.3 is 0 Å². The minimum Gasteiger partial charge on any atom is -0.330 e. The van der Waals surface area contributed by atoms with E-state index in [4.69, 9.17) is 5.73 Å². The molecule has 1 aliphatic carbocycles. The Morgan fingerprint density at radius 2 is 2.38 bits per heavy atom. The zero-order valence-corrected chi connectivity index (χ0v) is 9.13. The molecule has 1 aliphatic rings. The van der Waals surface area contributed by atoms with Crippen LogP contribution in [0.2, 0.25) is 0 Å². The van der Waals surface area contributed by atoms with Gasteiger partial charge in [-0.15, -0.1) is 0 Å². The molecule has 0 amide bonds. The Bertz CT molecular complexity index is 291. The van der Waals surface area contributed by atoms with E-state index in [0.717, 1.165) is 24.0 Å². The summed E-state index contributed by atoms with van der Waals surface area (Å²) in [5, 5.41) is 4.36. The second-order valence-corrected chi connectivity index (χ2v) is 4.28. The second-order valence-electron chi connectivity index (χ2n) is 3.53. The van der Waals surface area contributed by atoms with Gasteiger partial charge in [0.25, 0.3) is 0 Å². The predicted molar refractivity (Wildman–Crippen MR) is 55.6 cm³/mol. The highest BCUT2D eigenvalue weighted by atomic mass is 79.9. The molecule has 2 N–H and O–H groups in total. The first-order valence-electron chi connectivity index (χ1n) is 4.75. The molecule has 3 nitrogen and oxygen atoms in total. The van der Waals surface area contributed by atoms with Crippen LogP contribution in [0.1, 0.15) is 30.9 Å². The Kier molecular flexibility index (Phi) is 2.69. The lowest BCUT2D eigenvalue weighted by Gasteiger charge is -2.00. The summed E-state index contributed by atoms with van der Waals surface area (Å²) in [6.45, 7) is 0.751. The number of aryl methyl sites for hydroxylation is 1. The van der Waals surface area contributed by atoms with E-state index < -0.39 is 0 Å². The Hall–Kier alpha value is -0.350. The first kappa shape index (κ1) is 9.21. The van der Waals surface area contributed by atoms with Crippen molar-refractivity contribution in [3.05, 3.63) is 16.4 Å². The highest BCUT2D eigenvalue weighted by Gasteiger charge is 2.26. The summed E-state index contributed by atoms with van der Waals surface area (Å²) >= 11 is 3.58. The minimum atomic E-state index is 0.654. The van der Waals surface area contributed by atoms with Crippen molar-refractivity contribution in [2.45, 2.75) is 31.7 Å². The number of halogens is 1. The van der Waals surface area contributed by atoms with Crippen LogP contribution in [-0.2, 0) is 6.42 Å². The zero-order chi connectivity index (χ0) is 9.26. The van der Waals surface area contributed by atoms with Crippen LogP contribution >= 0.6 is 15.9 Å². The maximum Gasteiger partial charge on any atom is 0.107 e. The molecule has 1 saturated carbocycles. The zero-order valence-electron chi connectivity index (χ0n) is 7.54. The van der Waals surface area contributed by atoms with E-state index in [2.05, 4.69) is 25.7 Å². The van der Waals surface area contributed by atoms with Gasteiger partial charge in [-0.1, -0.05) is 0 Å². The molecule has 4 heteroatoms. The summed E-state index contributed by atoms with van der Waals surface area (Å²) in [7, 11) is 0. The van der Waals surface area contributed by atoms with E-state index in [-0.39, 0.29) is 0 Å². The maximum atomic E-state index is 5.46. The van der Waals surface area contributed by atoms with Crippen molar-refractivity contribution < 1.29 is 0 Å². The van der Waals surface area contributed by atoms with E-state index in [9.17, 15) is 0 Å². The quantitative estimate of drug-likeness (QED) is 0.878. The van der Waals surface area contributed by atoms with Crippen LogP contribution in [0.5, 0.6) is 0 Å². The van der Waals surface area contributed by atoms with E-state index in [0.29, 0.717) is 6.04 Å². The molecule has 0 aliphatic heterocycles.